The number of tetrazole rings is 1. The molecule has 1 N–H and O–H groups in total. The molecule has 9 nitrogen and oxygen atoms in total. The second-order valence-electron chi connectivity index (χ2n) is 6.26. The number of amides is 1. The van der Waals surface area contributed by atoms with Crippen LogP contribution >= 0.6 is 0 Å². The molecule has 0 saturated carbocycles. The van der Waals surface area contributed by atoms with Crippen molar-refractivity contribution in [1.82, 2.24) is 20.2 Å². The van der Waals surface area contributed by atoms with Crippen LogP contribution in [0.25, 0.3) is 0 Å². The topological polar surface area (TPSA) is 123 Å². The van der Waals surface area contributed by atoms with Gasteiger partial charge in [-0.2, -0.15) is 5.26 Å². The summed E-state index contributed by atoms with van der Waals surface area (Å²) in [6.07, 6.45) is 0.582. The summed E-state index contributed by atoms with van der Waals surface area (Å²) in [5.74, 6) is -1.14. The van der Waals surface area contributed by atoms with E-state index in [0.717, 1.165) is 5.56 Å². The molecule has 0 unspecified atom stereocenters. The first kappa shape index (κ1) is 19.7. The Kier molecular flexibility index (Phi) is 6.27. The van der Waals surface area contributed by atoms with Crippen LogP contribution in [0.1, 0.15) is 24.1 Å². The summed E-state index contributed by atoms with van der Waals surface area (Å²) >= 11 is 0. The summed E-state index contributed by atoms with van der Waals surface area (Å²) in [5, 5.41) is 22.5. The van der Waals surface area contributed by atoms with Gasteiger partial charge in [-0.3, -0.25) is 4.79 Å². The van der Waals surface area contributed by atoms with Crippen molar-refractivity contribution in [3.05, 3.63) is 72.1 Å². The molecule has 0 aliphatic carbocycles. The van der Waals surface area contributed by atoms with Crippen LogP contribution in [0.15, 0.2) is 60.9 Å². The molecular formula is C20H18N6O3. The number of aromatic nitrogens is 4. The summed E-state index contributed by atoms with van der Waals surface area (Å²) in [6, 6.07) is 17.0. The Morgan fingerprint density at radius 2 is 2.00 bits per heavy atom. The predicted molar refractivity (Wildman–Crippen MR) is 102 cm³/mol. The summed E-state index contributed by atoms with van der Waals surface area (Å²) in [5.41, 5.74) is 1.75. The number of nitriles is 1. The van der Waals surface area contributed by atoms with Crippen LogP contribution < -0.4 is 5.32 Å². The Balaban J connectivity index is 1.68. The zero-order chi connectivity index (χ0) is 20.6. The largest absolute Gasteiger partial charge is 0.451 e. The maximum absolute atomic E-state index is 12.8. The molecule has 146 valence electrons. The molecule has 3 rings (SSSR count). The SMILES string of the molecule is C[C@H](OC(=O)[C@H](Cc1ccccc1)n1cnnn1)C(=O)Nc1cccc(C#N)c1. The van der Waals surface area contributed by atoms with E-state index >= 15 is 0 Å². The third-order valence-corrected chi connectivity index (χ3v) is 4.15. The second kappa shape index (κ2) is 9.23. The highest BCUT2D eigenvalue weighted by molar-refractivity contribution is 5.95. The lowest BCUT2D eigenvalue weighted by Gasteiger charge is -2.19. The molecule has 2 atom stereocenters. The molecule has 0 saturated heterocycles. The molecule has 29 heavy (non-hydrogen) atoms. The molecule has 0 spiro atoms. The zero-order valence-corrected chi connectivity index (χ0v) is 15.6. The quantitative estimate of drug-likeness (QED) is 0.611. The van der Waals surface area contributed by atoms with Gasteiger partial charge in [0.1, 0.15) is 6.33 Å². The van der Waals surface area contributed by atoms with Crippen LogP contribution in [0.3, 0.4) is 0 Å². The molecule has 0 fully saturated rings. The summed E-state index contributed by atoms with van der Waals surface area (Å²) < 4.78 is 6.67. The molecule has 0 radical (unpaired) electrons. The van der Waals surface area contributed by atoms with Crippen molar-refractivity contribution in [2.75, 3.05) is 5.32 Å². The summed E-state index contributed by atoms with van der Waals surface area (Å²) in [7, 11) is 0. The van der Waals surface area contributed by atoms with E-state index in [-0.39, 0.29) is 0 Å². The van der Waals surface area contributed by atoms with Gasteiger partial charge in [0.2, 0.25) is 0 Å². The fourth-order valence-corrected chi connectivity index (χ4v) is 2.65. The van der Waals surface area contributed by atoms with Crippen LogP contribution in [0.2, 0.25) is 0 Å². The van der Waals surface area contributed by atoms with Crippen molar-refractivity contribution in [2.45, 2.75) is 25.5 Å². The number of ether oxygens (including phenoxy) is 1. The second-order valence-corrected chi connectivity index (χ2v) is 6.26. The van der Waals surface area contributed by atoms with Gasteiger partial charge in [-0.05, 0) is 41.1 Å². The Labute approximate surface area is 166 Å². The number of carbonyl (C=O) groups excluding carboxylic acids is 2. The van der Waals surface area contributed by atoms with Gasteiger partial charge in [-0.15, -0.1) is 5.10 Å². The van der Waals surface area contributed by atoms with E-state index in [1.54, 1.807) is 18.2 Å². The lowest BCUT2D eigenvalue weighted by Crippen LogP contribution is -2.34. The number of nitrogens with zero attached hydrogens (tertiary/aromatic N) is 5. The van der Waals surface area contributed by atoms with Crippen molar-refractivity contribution in [3.8, 4) is 6.07 Å². The molecule has 1 heterocycles. The van der Waals surface area contributed by atoms with Gasteiger partial charge in [0.05, 0.1) is 11.6 Å². The number of anilines is 1. The molecule has 0 aliphatic rings. The third-order valence-electron chi connectivity index (χ3n) is 4.15. The van der Waals surface area contributed by atoms with Crippen molar-refractivity contribution >= 4 is 17.6 Å². The van der Waals surface area contributed by atoms with Crippen LogP contribution in [-0.4, -0.2) is 38.2 Å². The van der Waals surface area contributed by atoms with Crippen molar-refractivity contribution < 1.29 is 14.3 Å². The molecule has 1 aromatic heterocycles. The first-order chi connectivity index (χ1) is 14.1. The van der Waals surface area contributed by atoms with E-state index in [4.69, 9.17) is 10.00 Å². The maximum atomic E-state index is 12.8. The van der Waals surface area contributed by atoms with E-state index in [0.29, 0.717) is 17.7 Å². The first-order valence-electron chi connectivity index (χ1n) is 8.84. The summed E-state index contributed by atoms with van der Waals surface area (Å²) in [4.78, 5) is 25.1. The number of esters is 1. The number of benzene rings is 2. The van der Waals surface area contributed by atoms with Gasteiger partial charge in [-0.1, -0.05) is 36.4 Å². The minimum atomic E-state index is -1.05. The van der Waals surface area contributed by atoms with E-state index in [1.165, 1.54) is 24.0 Å². The molecule has 0 bridgehead atoms. The first-order valence-corrected chi connectivity index (χ1v) is 8.84. The highest BCUT2D eigenvalue weighted by atomic mass is 16.5. The Hall–Kier alpha value is -4.06. The molecule has 0 aliphatic heterocycles. The van der Waals surface area contributed by atoms with E-state index in [2.05, 4.69) is 20.8 Å². The maximum Gasteiger partial charge on any atom is 0.332 e. The van der Waals surface area contributed by atoms with Crippen molar-refractivity contribution in [2.24, 2.45) is 0 Å². The Morgan fingerprint density at radius 1 is 1.21 bits per heavy atom. The van der Waals surface area contributed by atoms with Gasteiger partial charge in [-0.25, -0.2) is 9.48 Å². The lowest BCUT2D eigenvalue weighted by molar-refractivity contribution is -0.156. The molecule has 3 aromatic rings. The fraction of sp³-hybridized carbons (Fsp3) is 0.200. The number of nitrogens with one attached hydrogen (secondary N) is 1. The summed E-state index contributed by atoms with van der Waals surface area (Å²) in [6.45, 7) is 1.47. The van der Waals surface area contributed by atoms with Gasteiger partial charge >= 0.3 is 5.97 Å². The highest BCUT2D eigenvalue weighted by Crippen LogP contribution is 2.17. The number of rotatable bonds is 7. The Morgan fingerprint density at radius 3 is 2.69 bits per heavy atom. The average molecular weight is 390 g/mol. The predicted octanol–water partition coefficient (Wildman–Crippen LogP) is 1.90. The van der Waals surface area contributed by atoms with Crippen LogP contribution in [-0.2, 0) is 20.7 Å². The number of hydrogen-bond donors (Lipinski definition) is 1. The minimum absolute atomic E-state index is 0.309. The normalized spacial score (nSPS) is 12.4. The highest BCUT2D eigenvalue weighted by Gasteiger charge is 2.28. The average Bonchev–Trinajstić information content (AvgIpc) is 3.27. The van der Waals surface area contributed by atoms with E-state index in [1.807, 2.05) is 36.4 Å². The zero-order valence-electron chi connectivity index (χ0n) is 15.6. The third kappa shape index (κ3) is 5.23. The van der Waals surface area contributed by atoms with E-state index in [9.17, 15) is 9.59 Å². The van der Waals surface area contributed by atoms with Crippen LogP contribution in [0.4, 0.5) is 5.69 Å². The van der Waals surface area contributed by atoms with Crippen molar-refractivity contribution in [1.29, 1.82) is 5.26 Å². The van der Waals surface area contributed by atoms with Gasteiger partial charge in [0, 0.05) is 12.1 Å². The van der Waals surface area contributed by atoms with Gasteiger partial charge < -0.3 is 10.1 Å². The monoisotopic (exact) mass is 390 g/mol. The lowest BCUT2D eigenvalue weighted by atomic mass is 10.1. The van der Waals surface area contributed by atoms with E-state index < -0.39 is 24.0 Å². The van der Waals surface area contributed by atoms with Crippen LogP contribution in [0.5, 0.6) is 0 Å². The minimum Gasteiger partial charge on any atom is -0.451 e. The van der Waals surface area contributed by atoms with Gasteiger partial charge in [0.25, 0.3) is 5.91 Å². The Bertz CT molecular complexity index is 1010. The number of carbonyl (C=O) groups is 2. The smallest absolute Gasteiger partial charge is 0.332 e. The molecule has 2 aromatic carbocycles. The standard InChI is InChI=1S/C20H18N6O3/c1-14(19(27)23-17-9-5-8-16(10-17)12-21)29-20(28)18(26-13-22-24-25-26)11-15-6-3-2-4-7-15/h2-10,13-14,18H,11H2,1H3,(H,23,27)/t14-,18-/m0/s1. The molecule has 1 amide bonds. The number of hydrogen-bond acceptors (Lipinski definition) is 7. The fourth-order valence-electron chi connectivity index (χ4n) is 2.65. The molecular weight excluding hydrogens is 372 g/mol. The molecule has 9 heteroatoms. The van der Waals surface area contributed by atoms with Crippen molar-refractivity contribution in [3.63, 3.8) is 0 Å². The van der Waals surface area contributed by atoms with Gasteiger partial charge in [0.15, 0.2) is 12.1 Å². The van der Waals surface area contributed by atoms with Crippen LogP contribution in [0, 0.1) is 11.3 Å².